The van der Waals surface area contributed by atoms with E-state index < -0.39 is 0 Å². The van der Waals surface area contributed by atoms with Gasteiger partial charge in [0.25, 0.3) is 0 Å². The summed E-state index contributed by atoms with van der Waals surface area (Å²) in [6.07, 6.45) is 3.30. The van der Waals surface area contributed by atoms with Gasteiger partial charge < -0.3 is 5.32 Å². The van der Waals surface area contributed by atoms with Gasteiger partial charge in [-0.05, 0) is 72.7 Å². The summed E-state index contributed by atoms with van der Waals surface area (Å²) in [5.74, 6) is 0. The quantitative estimate of drug-likeness (QED) is 0.313. The second-order valence-electron chi connectivity index (χ2n) is 7.59. The maximum Gasteiger partial charge on any atom is -0.00459 e. The predicted octanol–water partition coefficient (Wildman–Crippen LogP) is 6.91. The molecule has 0 heterocycles. The first-order chi connectivity index (χ1) is 14.2. The maximum absolute atomic E-state index is 3.41. The zero-order valence-corrected chi connectivity index (χ0v) is 18.0. The van der Waals surface area contributed by atoms with E-state index in [4.69, 9.17) is 0 Å². The van der Waals surface area contributed by atoms with Crippen molar-refractivity contribution in [2.75, 3.05) is 13.1 Å². The van der Waals surface area contributed by atoms with E-state index in [2.05, 4.69) is 105 Å². The lowest BCUT2D eigenvalue weighted by Gasteiger charge is -2.17. The Labute approximate surface area is 176 Å². The molecule has 1 N–H and O–H groups in total. The molecule has 0 atom stereocenters. The number of allylic oxidation sites excluding steroid dienone is 1. The van der Waals surface area contributed by atoms with Gasteiger partial charge in [-0.3, -0.25) is 0 Å². The Morgan fingerprint density at radius 3 is 1.93 bits per heavy atom. The highest BCUT2D eigenvalue weighted by molar-refractivity contribution is 5.98. The van der Waals surface area contributed by atoms with Crippen LogP contribution in [0, 0.1) is 6.92 Å². The summed E-state index contributed by atoms with van der Waals surface area (Å²) in [6.45, 7) is 8.69. The molecule has 3 rings (SSSR count). The molecule has 29 heavy (non-hydrogen) atoms. The van der Waals surface area contributed by atoms with Crippen LogP contribution in [0.1, 0.15) is 54.5 Å². The minimum Gasteiger partial charge on any atom is -0.317 e. The fourth-order valence-corrected chi connectivity index (χ4v) is 3.83. The third kappa shape index (κ3) is 5.68. The van der Waals surface area contributed by atoms with Gasteiger partial charge in [-0.15, -0.1) is 0 Å². The molecule has 3 aromatic carbocycles. The van der Waals surface area contributed by atoms with Gasteiger partial charge in [0.15, 0.2) is 0 Å². The Morgan fingerprint density at radius 2 is 1.34 bits per heavy atom. The van der Waals surface area contributed by atoms with E-state index in [1.807, 2.05) is 0 Å². The SMILES string of the molecule is CCNCCCc1ccc(/C(=C(/CC)c2ccccc2)c2ccc(C)cc2)cc1. The molecule has 150 valence electrons. The molecular weight excluding hydrogens is 350 g/mol. The molecule has 3 aromatic rings. The predicted molar refractivity (Wildman–Crippen MR) is 127 cm³/mol. The van der Waals surface area contributed by atoms with Gasteiger partial charge in [0.05, 0.1) is 0 Å². The minimum absolute atomic E-state index is 0.998. The second kappa shape index (κ2) is 10.8. The topological polar surface area (TPSA) is 12.0 Å². The van der Waals surface area contributed by atoms with E-state index in [0.29, 0.717) is 0 Å². The van der Waals surface area contributed by atoms with Crippen LogP contribution in [-0.2, 0) is 6.42 Å². The van der Waals surface area contributed by atoms with Crippen LogP contribution in [0.4, 0.5) is 0 Å². The molecule has 0 aliphatic carbocycles. The Bertz CT molecular complexity index is 903. The summed E-state index contributed by atoms with van der Waals surface area (Å²) < 4.78 is 0. The van der Waals surface area contributed by atoms with Crippen molar-refractivity contribution < 1.29 is 0 Å². The number of hydrogen-bond acceptors (Lipinski definition) is 1. The van der Waals surface area contributed by atoms with Gasteiger partial charge in [0, 0.05) is 0 Å². The highest BCUT2D eigenvalue weighted by Gasteiger charge is 2.13. The second-order valence-corrected chi connectivity index (χ2v) is 7.59. The lowest BCUT2D eigenvalue weighted by molar-refractivity contribution is 0.672. The van der Waals surface area contributed by atoms with E-state index in [9.17, 15) is 0 Å². The number of hydrogen-bond donors (Lipinski definition) is 1. The first-order valence-corrected chi connectivity index (χ1v) is 10.9. The van der Waals surface area contributed by atoms with Crippen LogP contribution in [0.5, 0.6) is 0 Å². The summed E-state index contributed by atoms with van der Waals surface area (Å²) in [5, 5.41) is 3.41. The van der Waals surface area contributed by atoms with Gasteiger partial charge >= 0.3 is 0 Å². The molecule has 1 heteroatoms. The molecular formula is C28H33N. The first-order valence-electron chi connectivity index (χ1n) is 10.9. The Hall–Kier alpha value is -2.64. The average Bonchev–Trinajstić information content (AvgIpc) is 2.77. The van der Waals surface area contributed by atoms with Crippen molar-refractivity contribution in [3.05, 3.63) is 107 Å². The zero-order chi connectivity index (χ0) is 20.5. The molecule has 0 bridgehead atoms. The number of aryl methyl sites for hydroxylation is 2. The summed E-state index contributed by atoms with van der Waals surface area (Å²) in [4.78, 5) is 0. The molecule has 0 amide bonds. The van der Waals surface area contributed by atoms with Gasteiger partial charge in [-0.2, -0.15) is 0 Å². The molecule has 1 nitrogen and oxygen atoms in total. The lowest BCUT2D eigenvalue weighted by Crippen LogP contribution is -2.14. The van der Waals surface area contributed by atoms with Crippen molar-refractivity contribution >= 4 is 11.1 Å². The number of nitrogens with one attached hydrogen (secondary N) is 1. The highest BCUT2D eigenvalue weighted by atomic mass is 14.8. The fraction of sp³-hybridized carbons (Fsp3) is 0.286. The van der Waals surface area contributed by atoms with Crippen molar-refractivity contribution in [2.45, 2.75) is 40.0 Å². The summed E-state index contributed by atoms with van der Waals surface area (Å²) in [5.41, 5.74) is 9.34. The van der Waals surface area contributed by atoms with Crippen LogP contribution in [0.2, 0.25) is 0 Å². The molecule has 0 unspecified atom stereocenters. The molecule has 0 saturated carbocycles. The maximum atomic E-state index is 3.41. The van der Waals surface area contributed by atoms with Crippen molar-refractivity contribution in [2.24, 2.45) is 0 Å². The van der Waals surface area contributed by atoms with Gasteiger partial charge in [0.1, 0.15) is 0 Å². The van der Waals surface area contributed by atoms with Crippen LogP contribution < -0.4 is 5.32 Å². The fourth-order valence-electron chi connectivity index (χ4n) is 3.83. The van der Waals surface area contributed by atoms with E-state index >= 15 is 0 Å². The van der Waals surface area contributed by atoms with Gasteiger partial charge in [-0.25, -0.2) is 0 Å². The zero-order valence-electron chi connectivity index (χ0n) is 18.0. The van der Waals surface area contributed by atoms with Crippen molar-refractivity contribution in [1.82, 2.24) is 5.32 Å². The number of benzene rings is 3. The van der Waals surface area contributed by atoms with E-state index in [1.165, 1.54) is 45.4 Å². The third-order valence-corrected chi connectivity index (χ3v) is 5.43. The van der Waals surface area contributed by atoms with E-state index in [-0.39, 0.29) is 0 Å². The van der Waals surface area contributed by atoms with Crippen LogP contribution in [0.25, 0.3) is 11.1 Å². The average molecular weight is 384 g/mol. The van der Waals surface area contributed by atoms with Gasteiger partial charge in [0.2, 0.25) is 0 Å². The third-order valence-electron chi connectivity index (χ3n) is 5.43. The standard InChI is InChI=1S/C28H33N/c1-4-27(24-11-7-6-8-12-24)28(25-17-13-22(3)14-18-25)26-19-15-23(16-20-26)10-9-21-29-5-2/h6-8,11-20,29H,4-5,9-10,21H2,1-3H3/b28-27-. The van der Waals surface area contributed by atoms with E-state index in [0.717, 1.165) is 25.9 Å². The smallest absolute Gasteiger partial charge is 0.00459 e. The molecule has 0 aromatic heterocycles. The number of rotatable bonds is 9. The van der Waals surface area contributed by atoms with Crippen molar-refractivity contribution in [3.63, 3.8) is 0 Å². The molecule has 0 spiro atoms. The van der Waals surface area contributed by atoms with Gasteiger partial charge in [-0.1, -0.05) is 98.3 Å². The Balaban J connectivity index is 1.99. The first kappa shape index (κ1) is 21.1. The largest absolute Gasteiger partial charge is 0.317 e. The minimum atomic E-state index is 0.998. The summed E-state index contributed by atoms with van der Waals surface area (Å²) in [7, 11) is 0. The normalized spacial score (nSPS) is 12.0. The molecule has 0 aliphatic heterocycles. The monoisotopic (exact) mass is 383 g/mol. The van der Waals surface area contributed by atoms with Crippen LogP contribution in [-0.4, -0.2) is 13.1 Å². The van der Waals surface area contributed by atoms with Crippen molar-refractivity contribution in [3.8, 4) is 0 Å². The summed E-state index contributed by atoms with van der Waals surface area (Å²) in [6, 6.07) is 28.9. The van der Waals surface area contributed by atoms with E-state index in [1.54, 1.807) is 0 Å². The Morgan fingerprint density at radius 1 is 0.724 bits per heavy atom. The Kier molecular flexibility index (Phi) is 7.84. The molecule has 0 aliphatic rings. The lowest BCUT2D eigenvalue weighted by atomic mass is 9.87. The van der Waals surface area contributed by atoms with Crippen LogP contribution in [0.3, 0.4) is 0 Å². The molecule has 0 fully saturated rings. The summed E-state index contributed by atoms with van der Waals surface area (Å²) >= 11 is 0. The molecule has 0 saturated heterocycles. The highest BCUT2D eigenvalue weighted by Crippen LogP contribution is 2.34. The van der Waals surface area contributed by atoms with Crippen LogP contribution >= 0.6 is 0 Å². The van der Waals surface area contributed by atoms with Crippen molar-refractivity contribution in [1.29, 1.82) is 0 Å². The molecule has 0 radical (unpaired) electrons. The van der Waals surface area contributed by atoms with Crippen LogP contribution in [0.15, 0.2) is 78.9 Å².